The van der Waals surface area contributed by atoms with Gasteiger partial charge in [-0.25, -0.2) is 4.79 Å². The minimum Gasteiger partial charge on any atom is -0.444 e. The zero-order valence-corrected chi connectivity index (χ0v) is 25.0. The first kappa shape index (κ1) is 31.6. The molecule has 0 bridgehead atoms. The van der Waals surface area contributed by atoms with Crippen LogP contribution in [0.1, 0.15) is 86.5 Å². The summed E-state index contributed by atoms with van der Waals surface area (Å²) in [5, 5.41) is 8.17. The number of rotatable bonds is 11. The Balaban J connectivity index is 1.80. The molecule has 0 aromatic carbocycles. The molecule has 3 fully saturated rings. The van der Waals surface area contributed by atoms with Gasteiger partial charge >= 0.3 is 6.09 Å². The fourth-order valence-corrected chi connectivity index (χ4v) is 6.42. The Morgan fingerprint density at radius 3 is 2.30 bits per heavy atom. The van der Waals surface area contributed by atoms with E-state index in [0.717, 1.165) is 32.1 Å². The highest BCUT2D eigenvalue weighted by Crippen LogP contribution is 2.65. The summed E-state index contributed by atoms with van der Waals surface area (Å²) >= 11 is 0. The van der Waals surface area contributed by atoms with Crippen LogP contribution in [0.5, 0.6) is 0 Å². The second-order valence-corrected chi connectivity index (χ2v) is 13.1. The largest absolute Gasteiger partial charge is 0.444 e. The molecule has 1 aliphatic heterocycles. The van der Waals surface area contributed by atoms with Crippen molar-refractivity contribution in [2.45, 2.75) is 110 Å². The van der Waals surface area contributed by atoms with Crippen molar-refractivity contribution in [1.29, 1.82) is 0 Å². The van der Waals surface area contributed by atoms with E-state index in [4.69, 9.17) is 4.74 Å². The normalized spacial score (nSPS) is 25.1. The van der Waals surface area contributed by atoms with Crippen molar-refractivity contribution in [2.75, 3.05) is 13.1 Å². The van der Waals surface area contributed by atoms with E-state index < -0.39 is 47.4 Å². The lowest BCUT2D eigenvalue weighted by atomic mass is 9.83. The first-order valence-electron chi connectivity index (χ1n) is 14.8. The van der Waals surface area contributed by atoms with E-state index >= 15 is 0 Å². The van der Waals surface area contributed by atoms with E-state index in [-0.39, 0.29) is 42.0 Å². The van der Waals surface area contributed by atoms with Crippen LogP contribution < -0.4 is 16.0 Å². The van der Waals surface area contributed by atoms with Crippen LogP contribution in [0.15, 0.2) is 12.7 Å². The Labute approximate surface area is 238 Å². The molecule has 1 saturated heterocycles. The lowest BCUT2D eigenvalue weighted by Gasteiger charge is -2.37. The molecule has 40 heavy (non-hydrogen) atoms. The quantitative estimate of drug-likeness (QED) is 0.202. The zero-order valence-electron chi connectivity index (χ0n) is 25.0. The van der Waals surface area contributed by atoms with Gasteiger partial charge in [0.15, 0.2) is 0 Å². The van der Waals surface area contributed by atoms with Gasteiger partial charge < -0.3 is 25.6 Å². The fraction of sp³-hybridized carbons (Fsp3) is 0.767. The summed E-state index contributed by atoms with van der Waals surface area (Å²) in [5.41, 5.74) is -0.850. The number of nitrogens with one attached hydrogen (secondary N) is 3. The molecule has 1 unspecified atom stereocenters. The maximum absolute atomic E-state index is 14.1. The summed E-state index contributed by atoms with van der Waals surface area (Å²) < 4.78 is 5.48. The third-order valence-electron chi connectivity index (χ3n) is 8.72. The van der Waals surface area contributed by atoms with Crippen LogP contribution in [0.25, 0.3) is 0 Å². The second kappa shape index (κ2) is 12.7. The predicted molar refractivity (Wildman–Crippen MR) is 151 cm³/mol. The zero-order chi connectivity index (χ0) is 29.8. The molecule has 3 aliphatic rings. The lowest BCUT2D eigenvalue weighted by Crippen LogP contribution is -2.59. The number of ether oxygens (including phenoxy) is 1. The summed E-state index contributed by atoms with van der Waals surface area (Å²) in [6, 6.07) is -2.59. The van der Waals surface area contributed by atoms with Gasteiger partial charge in [-0.3, -0.25) is 19.2 Å². The Morgan fingerprint density at radius 1 is 1.07 bits per heavy atom. The third-order valence-corrected chi connectivity index (χ3v) is 8.72. The van der Waals surface area contributed by atoms with Crippen LogP contribution in [-0.4, -0.2) is 71.3 Å². The van der Waals surface area contributed by atoms with Gasteiger partial charge in [-0.2, -0.15) is 0 Å². The van der Waals surface area contributed by atoms with Gasteiger partial charge in [-0.05, 0) is 69.6 Å². The van der Waals surface area contributed by atoms with Crippen molar-refractivity contribution >= 4 is 29.6 Å². The number of ketones is 1. The highest BCUT2D eigenvalue weighted by Gasteiger charge is 2.69. The summed E-state index contributed by atoms with van der Waals surface area (Å²) in [5.74, 6) is -2.18. The average molecular weight is 561 g/mol. The maximum atomic E-state index is 14.1. The smallest absolute Gasteiger partial charge is 0.408 e. The number of hydrogen-bond acceptors (Lipinski definition) is 6. The van der Waals surface area contributed by atoms with Crippen LogP contribution in [0.3, 0.4) is 0 Å². The number of hydrogen-bond donors (Lipinski definition) is 3. The Hall–Kier alpha value is -2.91. The topological polar surface area (TPSA) is 134 Å². The van der Waals surface area contributed by atoms with Crippen molar-refractivity contribution in [2.24, 2.45) is 23.2 Å². The molecule has 2 saturated carbocycles. The van der Waals surface area contributed by atoms with Gasteiger partial charge in [0, 0.05) is 13.1 Å². The van der Waals surface area contributed by atoms with E-state index in [1.54, 1.807) is 38.7 Å². The summed E-state index contributed by atoms with van der Waals surface area (Å²) in [6.07, 6.45) is 6.41. The fourth-order valence-electron chi connectivity index (χ4n) is 6.42. The molecule has 224 valence electrons. The van der Waals surface area contributed by atoms with Crippen LogP contribution in [-0.2, 0) is 23.9 Å². The van der Waals surface area contributed by atoms with Crippen LogP contribution in [0.4, 0.5) is 4.79 Å². The van der Waals surface area contributed by atoms with Gasteiger partial charge in [-0.15, -0.1) is 6.58 Å². The highest BCUT2D eigenvalue weighted by atomic mass is 16.6. The Morgan fingerprint density at radius 2 is 1.73 bits per heavy atom. The van der Waals surface area contributed by atoms with Gasteiger partial charge in [0.1, 0.15) is 17.7 Å². The first-order valence-corrected chi connectivity index (χ1v) is 14.8. The molecule has 0 spiro atoms. The number of amides is 4. The van der Waals surface area contributed by atoms with Gasteiger partial charge in [0.05, 0.1) is 6.04 Å². The van der Waals surface area contributed by atoms with Crippen LogP contribution >= 0.6 is 0 Å². The third kappa shape index (κ3) is 7.23. The molecule has 10 nitrogen and oxygen atoms in total. The number of fused-ring (bicyclic) bond motifs is 1. The van der Waals surface area contributed by atoms with Crippen LogP contribution in [0.2, 0.25) is 0 Å². The maximum Gasteiger partial charge on any atom is 0.408 e. The van der Waals surface area contributed by atoms with Crippen molar-refractivity contribution in [3.63, 3.8) is 0 Å². The number of Topliss-reactive ketones (excluding diaryl/α,β-unsaturated/α-hetero) is 1. The minimum absolute atomic E-state index is 0.0494. The minimum atomic E-state index is -0.997. The lowest BCUT2D eigenvalue weighted by molar-refractivity contribution is -0.145. The van der Waals surface area contributed by atoms with Gasteiger partial charge in [-0.1, -0.05) is 46.1 Å². The van der Waals surface area contributed by atoms with Crippen molar-refractivity contribution in [1.82, 2.24) is 20.9 Å². The number of carbonyl (C=O) groups excluding carboxylic acids is 5. The molecule has 3 rings (SSSR count). The highest BCUT2D eigenvalue weighted by molar-refractivity contribution is 6.38. The van der Waals surface area contributed by atoms with E-state index in [2.05, 4.69) is 36.4 Å². The van der Waals surface area contributed by atoms with E-state index in [1.807, 2.05) is 0 Å². The molecule has 0 aromatic heterocycles. The SMILES string of the molecule is C=CCCNC(=O)C(=O)C(CC)NC(=O)[C@@H]1[C@@H]2[C@H](CN1C(=O)[C@@H](NC(=O)OC(C)(C)C)C1CCCCC1)C2(C)C. The summed E-state index contributed by atoms with van der Waals surface area (Å²) in [4.78, 5) is 67.4. The molecular weight excluding hydrogens is 512 g/mol. The molecular formula is C30H48N4O6. The average Bonchev–Trinajstić information content (AvgIpc) is 3.22. The van der Waals surface area contributed by atoms with E-state index in [0.29, 0.717) is 13.0 Å². The number of piperidine rings is 1. The first-order chi connectivity index (χ1) is 18.7. The molecule has 5 atom stereocenters. The molecule has 1 heterocycles. The van der Waals surface area contributed by atoms with Crippen LogP contribution in [0, 0.1) is 23.2 Å². The summed E-state index contributed by atoms with van der Waals surface area (Å²) in [6.45, 7) is 15.5. The molecule has 0 radical (unpaired) electrons. The van der Waals surface area contributed by atoms with E-state index in [9.17, 15) is 24.0 Å². The van der Waals surface area contributed by atoms with Gasteiger partial charge in [0.2, 0.25) is 17.6 Å². The Kier molecular flexibility index (Phi) is 10.1. The van der Waals surface area contributed by atoms with Crippen molar-refractivity contribution in [3.8, 4) is 0 Å². The molecule has 4 amide bonds. The van der Waals surface area contributed by atoms with Gasteiger partial charge in [0.25, 0.3) is 5.91 Å². The monoisotopic (exact) mass is 560 g/mol. The number of likely N-dealkylation sites (tertiary alicyclic amines) is 1. The number of carbonyl (C=O) groups is 5. The molecule has 3 N–H and O–H groups in total. The molecule has 10 heteroatoms. The summed E-state index contributed by atoms with van der Waals surface area (Å²) in [7, 11) is 0. The molecule has 0 aromatic rings. The Bertz CT molecular complexity index is 997. The standard InChI is InChI=1S/C30H48N4O6/c1-8-10-16-31-26(37)24(35)20(9-2)32-25(36)23-21-19(30(21,6)7)17-34(23)27(38)22(18-14-12-11-13-15-18)33-28(39)40-29(3,4)5/h8,18-23H,1,9-17H2,2-7H3,(H,31,37)(H,32,36)(H,33,39)/t19-,20?,21-,22-,23-/m0/s1. The predicted octanol–water partition coefficient (Wildman–Crippen LogP) is 3.10. The number of alkyl carbamates (subject to hydrolysis) is 1. The van der Waals surface area contributed by atoms with E-state index in [1.165, 1.54) is 0 Å². The van der Waals surface area contributed by atoms with Crippen molar-refractivity contribution < 1.29 is 28.7 Å². The van der Waals surface area contributed by atoms with Crippen molar-refractivity contribution in [3.05, 3.63) is 12.7 Å². The molecule has 2 aliphatic carbocycles. The second-order valence-electron chi connectivity index (χ2n) is 13.1. The number of nitrogens with zero attached hydrogens (tertiary/aromatic N) is 1.